The lowest BCUT2D eigenvalue weighted by molar-refractivity contribution is 0.0931. The summed E-state index contributed by atoms with van der Waals surface area (Å²) in [4.78, 5) is 23.4. The van der Waals surface area contributed by atoms with E-state index in [1.165, 1.54) is 11.1 Å². The topological polar surface area (TPSA) is 61.0 Å². The van der Waals surface area contributed by atoms with Crippen LogP contribution in [0.25, 0.3) is 21.8 Å². The van der Waals surface area contributed by atoms with Crippen molar-refractivity contribution in [1.29, 1.82) is 0 Å². The standard InChI is InChI=1S/C27H30N4O/c1-18-4-3-5-21(14-18)17-31-12-10-20(11-13-31)16-28-27(32)24-15-23-9-8-22-7-6-19(2)29-25(22)26(23)30-24/h3-9,14-15,20,29H,10-13,16-17H2,1-2H3,(H,28,32). The zero-order valence-electron chi connectivity index (χ0n) is 18.8. The van der Waals surface area contributed by atoms with Crippen molar-refractivity contribution in [2.24, 2.45) is 5.92 Å². The Labute approximate surface area is 188 Å². The summed E-state index contributed by atoms with van der Waals surface area (Å²) in [7, 11) is 0. The molecular formula is C27H30N4O. The number of piperidine rings is 1. The van der Waals surface area contributed by atoms with Crippen molar-refractivity contribution < 1.29 is 4.79 Å². The maximum absolute atomic E-state index is 12.8. The number of likely N-dealkylation sites (tertiary alicyclic amines) is 1. The van der Waals surface area contributed by atoms with Crippen LogP contribution in [0.2, 0.25) is 0 Å². The number of aromatic nitrogens is 2. The molecule has 1 aliphatic rings. The van der Waals surface area contributed by atoms with Gasteiger partial charge in [-0.1, -0.05) is 48.0 Å². The van der Waals surface area contributed by atoms with E-state index >= 15 is 0 Å². The Morgan fingerprint density at radius 1 is 1.06 bits per heavy atom. The van der Waals surface area contributed by atoms with Crippen LogP contribution in [-0.4, -0.2) is 40.4 Å². The molecule has 5 nitrogen and oxygen atoms in total. The molecule has 0 spiro atoms. The van der Waals surface area contributed by atoms with E-state index < -0.39 is 0 Å². The molecule has 2 aromatic heterocycles. The molecule has 1 saturated heterocycles. The SMILES string of the molecule is Cc1cccc(CN2CCC(CNC(=O)c3cc4ccc5ccc(C)[nH]c5c4n3)CC2)c1. The zero-order chi connectivity index (χ0) is 22.1. The highest BCUT2D eigenvalue weighted by Gasteiger charge is 2.21. The molecule has 2 N–H and O–H groups in total. The number of nitrogens with one attached hydrogen (secondary N) is 2. The lowest BCUT2D eigenvalue weighted by Crippen LogP contribution is -2.38. The van der Waals surface area contributed by atoms with E-state index in [4.69, 9.17) is 0 Å². The molecule has 1 aliphatic heterocycles. The summed E-state index contributed by atoms with van der Waals surface area (Å²) in [6.07, 6.45) is 2.22. The van der Waals surface area contributed by atoms with Crippen molar-refractivity contribution in [3.8, 4) is 0 Å². The van der Waals surface area contributed by atoms with Gasteiger partial charge in [-0.3, -0.25) is 9.69 Å². The first kappa shape index (κ1) is 20.7. The number of aromatic amines is 1. The molecule has 0 atom stereocenters. The fraction of sp³-hybridized carbons (Fsp3) is 0.333. The maximum atomic E-state index is 12.8. The van der Waals surface area contributed by atoms with Crippen LogP contribution in [0.4, 0.5) is 0 Å². The number of carbonyl (C=O) groups excluding carboxylic acids is 1. The van der Waals surface area contributed by atoms with Gasteiger partial charge >= 0.3 is 0 Å². The van der Waals surface area contributed by atoms with Crippen molar-refractivity contribution in [3.05, 3.63) is 77.1 Å². The maximum Gasteiger partial charge on any atom is 0.269 e. The van der Waals surface area contributed by atoms with Crippen LogP contribution in [0, 0.1) is 19.8 Å². The Balaban J connectivity index is 1.18. The monoisotopic (exact) mass is 426 g/mol. The number of carbonyl (C=O) groups is 1. The van der Waals surface area contributed by atoms with Crippen molar-refractivity contribution in [2.45, 2.75) is 33.2 Å². The Morgan fingerprint density at radius 3 is 2.66 bits per heavy atom. The molecule has 1 amide bonds. The second-order valence-corrected chi connectivity index (χ2v) is 9.17. The van der Waals surface area contributed by atoms with Crippen molar-refractivity contribution >= 4 is 27.7 Å². The summed E-state index contributed by atoms with van der Waals surface area (Å²) < 4.78 is 0. The average molecular weight is 427 g/mol. The number of rotatable bonds is 5. The smallest absolute Gasteiger partial charge is 0.269 e. The lowest BCUT2D eigenvalue weighted by atomic mass is 9.96. The van der Waals surface area contributed by atoms with Gasteiger partial charge in [0.2, 0.25) is 0 Å². The Morgan fingerprint density at radius 2 is 1.84 bits per heavy atom. The van der Waals surface area contributed by atoms with E-state index in [2.05, 4.69) is 69.6 Å². The number of hydrogen-bond donors (Lipinski definition) is 2. The third kappa shape index (κ3) is 4.39. The molecule has 4 aromatic rings. The number of amides is 1. The van der Waals surface area contributed by atoms with Gasteiger partial charge < -0.3 is 10.3 Å². The van der Waals surface area contributed by atoms with Crippen LogP contribution in [0.15, 0.2) is 54.6 Å². The van der Waals surface area contributed by atoms with Gasteiger partial charge in [-0.15, -0.1) is 0 Å². The predicted molar refractivity (Wildman–Crippen MR) is 130 cm³/mol. The van der Waals surface area contributed by atoms with Crippen LogP contribution in [0.1, 0.15) is 40.2 Å². The van der Waals surface area contributed by atoms with Gasteiger partial charge in [0.25, 0.3) is 5.91 Å². The van der Waals surface area contributed by atoms with Crippen LogP contribution in [0.5, 0.6) is 0 Å². The first-order valence-corrected chi connectivity index (χ1v) is 11.5. The molecular weight excluding hydrogens is 396 g/mol. The van der Waals surface area contributed by atoms with E-state index in [1.54, 1.807) is 0 Å². The summed E-state index contributed by atoms with van der Waals surface area (Å²) in [5, 5.41) is 5.23. The van der Waals surface area contributed by atoms with Gasteiger partial charge in [0.1, 0.15) is 5.69 Å². The minimum Gasteiger partial charge on any atom is -0.357 e. The molecule has 2 aromatic carbocycles. The van der Waals surface area contributed by atoms with Crippen molar-refractivity contribution in [2.75, 3.05) is 19.6 Å². The quantitative estimate of drug-likeness (QED) is 0.473. The molecule has 0 saturated carbocycles. The molecule has 0 radical (unpaired) electrons. The van der Waals surface area contributed by atoms with Gasteiger partial charge in [0.15, 0.2) is 0 Å². The van der Waals surface area contributed by atoms with E-state index in [9.17, 15) is 4.79 Å². The highest BCUT2D eigenvalue weighted by molar-refractivity contribution is 6.07. The minimum absolute atomic E-state index is 0.0795. The van der Waals surface area contributed by atoms with E-state index in [1.807, 2.05) is 19.1 Å². The highest BCUT2D eigenvalue weighted by Crippen LogP contribution is 2.25. The number of aryl methyl sites for hydroxylation is 2. The van der Waals surface area contributed by atoms with Crippen LogP contribution in [-0.2, 0) is 6.54 Å². The summed E-state index contributed by atoms with van der Waals surface area (Å²) in [6.45, 7) is 8.05. The Kier molecular flexibility index (Phi) is 5.66. The van der Waals surface area contributed by atoms with Crippen LogP contribution in [0.3, 0.4) is 0 Å². The fourth-order valence-corrected chi connectivity index (χ4v) is 4.74. The van der Waals surface area contributed by atoms with Crippen LogP contribution >= 0.6 is 0 Å². The molecule has 1 fully saturated rings. The summed E-state index contributed by atoms with van der Waals surface area (Å²) in [5.74, 6) is 0.443. The molecule has 0 bridgehead atoms. The van der Waals surface area contributed by atoms with Gasteiger partial charge in [-0.05, 0) is 63.4 Å². The van der Waals surface area contributed by atoms with Gasteiger partial charge in [-0.2, -0.15) is 0 Å². The van der Waals surface area contributed by atoms with Gasteiger partial charge in [0.05, 0.1) is 11.0 Å². The summed E-state index contributed by atoms with van der Waals surface area (Å²) in [5.41, 5.74) is 6.12. The molecule has 164 valence electrons. The van der Waals surface area contributed by atoms with Crippen molar-refractivity contribution in [1.82, 2.24) is 20.2 Å². The Hall–Kier alpha value is -3.18. The molecule has 0 aliphatic carbocycles. The van der Waals surface area contributed by atoms with Gasteiger partial charge in [-0.25, -0.2) is 4.98 Å². The molecule has 0 unspecified atom stereocenters. The second-order valence-electron chi connectivity index (χ2n) is 9.17. The van der Waals surface area contributed by atoms with Crippen molar-refractivity contribution in [3.63, 3.8) is 0 Å². The third-order valence-electron chi connectivity index (χ3n) is 6.58. The molecule has 5 heteroatoms. The van der Waals surface area contributed by atoms with E-state index in [0.717, 1.165) is 60.0 Å². The number of hydrogen-bond acceptors (Lipinski definition) is 3. The number of benzene rings is 2. The van der Waals surface area contributed by atoms with Gasteiger partial charge in [0, 0.05) is 29.6 Å². The third-order valence-corrected chi connectivity index (χ3v) is 6.58. The van der Waals surface area contributed by atoms with Crippen LogP contribution < -0.4 is 5.32 Å². The average Bonchev–Trinajstić information content (AvgIpc) is 3.24. The number of H-pyrrole nitrogens is 1. The molecule has 3 heterocycles. The number of pyridine rings is 1. The fourth-order valence-electron chi connectivity index (χ4n) is 4.74. The summed E-state index contributed by atoms with van der Waals surface area (Å²) >= 11 is 0. The minimum atomic E-state index is -0.0795. The Bertz CT molecular complexity index is 1270. The van der Waals surface area contributed by atoms with E-state index in [0.29, 0.717) is 18.2 Å². The molecule has 5 rings (SSSR count). The summed E-state index contributed by atoms with van der Waals surface area (Å²) in [6, 6.07) is 18.9. The first-order valence-electron chi connectivity index (χ1n) is 11.5. The lowest BCUT2D eigenvalue weighted by Gasteiger charge is -2.32. The molecule has 32 heavy (non-hydrogen) atoms. The predicted octanol–water partition coefficient (Wildman–Crippen LogP) is 4.97. The highest BCUT2D eigenvalue weighted by atomic mass is 16.1. The normalized spacial score (nSPS) is 15.4. The first-order chi connectivity index (χ1) is 15.5. The second kappa shape index (κ2) is 8.75. The van der Waals surface area contributed by atoms with E-state index in [-0.39, 0.29) is 5.91 Å². The largest absolute Gasteiger partial charge is 0.357 e. The number of nitrogens with zero attached hydrogens (tertiary/aromatic N) is 2. The number of fused-ring (bicyclic) bond motifs is 3. The zero-order valence-corrected chi connectivity index (χ0v) is 18.8.